The van der Waals surface area contributed by atoms with Crippen molar-refractivity contribution >= 4 is 11.3 Å². The fourth-order valence-corrected chi connectivity index (χ4v) is 2.05. The number of nitrogens with one attached hydrogen (secondary N) is 1. The van der Waals surface area contributed by atoms with Crippen LogP contribution in [0.4, 0.5) is 0 Å². The second-order valence-electron chi connectivity index (χ2n) is 3.14. The summed E-state index contributed by atoms with van der Waals surface area (Å²) >= 11 is 1.80. The molecule has 0 amide bonds. The number of hydrogen-bond donors (Lipinski definition) is 1. The van der Waals surface area contributed by atoms with E-state index in [1.54, 1.807) is 11.3 Å². The molecule has 1 aromatic heterocycles. The van der Waals surface area contributed by atoms with Crippen molar-refractivity contribution in [3.63, 3.8) is 0 Å². The zero-order valence-electron chi connectivity index (χ0n) is 7.12. The molecule has 0 bridgehead atoms. The Morgan fingerprint density at radius 1 is 1.67 bits per heavy atom. The molecule has 2 nitrogen and oxygen atoms in total. The van der Waals surface area contributed by atoms with Gasteiger partial charge in [0, 0.05) is 10.9 Å². The van der Waals surface area contributed by atoms with Crippen LogP contribution < -0.4 is 5.32 Å². The molecule has 3 heteroatoms. The van der Waals surface area contributed by atoms with Gasteiger partial charge in [0.25, 0.3) is 0 Å². The Hall–Kier alpha value is -0.380. The summed E-state index contributed by atoms with van der Waals surface area (Å²) < 4.78 is 5.09. The fourth-order valence-electron chi connectivity index (χ4n) is 1.31. The molecule has 0 aliphatic carbocycles. The van der Waals surface area contributed by atoms with Gasteiger partial charge in [0.1, 0.15) is 0 Å². The van der Waals surface area contributed by atoms with Gasteiger partial charge >= 0.3 is 0 Å². The van der Waals surface area contributed by atoms with E-state index in [0.29, 0.717) is 12.1 Å². The van der Waals surface area contributed by atoms with E-state index in [-0.39, 0.29) is 0 Å². The van der Waals surface area contributed by atoms with Crippen LogP contribution in [0, 0.1) is 0 Å². The Bertz CT molecular complexity index is 231. The first-order valence-electron chi connectivity index (χ1n) is 4.23. The van der Waals surface area contributed by atoms with Gasteiger partial charge in [-0.2, -0.15) is 0 Å². The summed E-state index contributed by atoms with van der Waals surface area (Å²) in [5, 5.41) is 5.62. The highest BCUT2D eigenvalue weighted by atomic mass is 32.1. The van der Waals surface area contributed by atoms with E-state index in [1.165, 1.54) is 4.88 Å². The zero-order chi connectivity index (χ0) is 8.39. The highest BCUT2D eigenvalue weighted by Crippen LogP contribution is 2.19. The molecule has 1 atom stereocenters. The lowest BCUT2D eigenvalue weighted by atomic mass is 10.2. The Morgan fingerprint density at radius 2 is 2.50 bits per heavy atom. The van der Waals surface area contributed by atoms with Gasteiger partial charge in [0.15, 0.2) is 0 Å². The molecule has 0 aromatic carbocycles. The minimum absolute atomic E-state index is 0.471. The molecule has 1 aliphatic rings. The van der Waals surface area contributed by atoms with E-state index in [9.17, 15) is 0 Å². The molecule has 2 heterocycles. The third-order valence-corrected chi connectivity index (χ3v) is 3.15. The summed E-state index contributed by atoms with van der Waals surface area (Å²) in [6.45, 7) is 3.94. The Morgan fingerprint density at radius 3 is 3.00 bits per heavy atom. The van der Waals surface area contributed by atoms with Crippen LogP contribution in [0.2, 0.25) is 0 Å². The monoisotopic (exact) mass is 183 g/mol. The summed E-state index contributed by atoms with van der Waals surface area (Å²) in [5.74, 6) is 0. The average molecular weight is 183 g/mol. The van der Waals surface area contributed by atoms with Gasteiger partial charge < -0.3 is 10.1 Å². The van der Waals surface area contributed by atoms with E-state index in [2.05, 4.69) is 29.8 Å². The standard InChI is InChI=1S/C9H13NOS/c1-7(9-3-2-4-12-9)10-8-5-11-6-8/h2-4,7-8,10H,5-6H2,1H3/t7-/m0/s1. The maximum atomic E-state index is 5.09. The van der Waals surface area contributed by atoms with Crippen LogP contribution in [-0.2, 0) is 4.74 Å². The van der Waals surface area contributed by atoms with E-state index in [4.69, 9.17) is 4.74 Å². The van der Waals surface area contributed by atoms with E-state index < -0.39 is 0 Å². The van der Waals surface area contributed by atoms with Crippen molar-refractivity contribution in [2.75, 3.05) is 13.2 Å². The minimum Gasteiger partial charge on any atom is -0.378 e. The third kappa shape index (κ3) is 1.68. The number of thiophene rings is 1. The Balaban J connectivity index is 1.87. The lowest BCUT2D eigenvalue weighted by Crippen LogP contribution is -2.46. The van der Waals surface area contributed by atoms with E-state index >= 15 is 0 Å². The molecular weight excluding hydrogens is 170 g/mol. The molecule has 1 N–H and O–H groups in total. The maximum Gasteiger partial charge on any atom is 0.0643 e. The summed E-state index contributed by atoms with van der Waals surface area (Å²) in [7, 11) is 0. The van der Waals surface area contributed by atoms with Crippen molar-refractivity contribution in [1.29, 1.82) is 0 Å². The van der Waals surface area contributed by atoms with Crippen molar-refractivity contribution in [2.24, 2.45) is 0 Å². The second kappa shape index (κ2) is 3.56. The molecule has 0 spiro atoms. The van der Waals surface area contributed by atoms with Crippen LogP contribution in [0.1, 0.15) is 17.8 Å². The molecule has 66 valence electrons. The maximum absolute atomic E-state index is 5.09. The Labute approximate surface area is 76.6 Å². The molecule has 1 saturated heterocycles. The average Bonchev–Trinajstić information content (AvgIpc) is 2.47. The van der Waals surface area contributed by atoms with Crippen molar-refractivity contribution < 1.29 is 4.74 Å². The first-order valence-corrected chi connectivity index (χ1v) is 5.11. The lowest BCUT2D eigenvalue weighted by Gasteiger charge is -2.29. The molecule has 0 saturated carbocycles. The normalized spacial score (nSPS) is 20.4. The molecule has 1 aromatic rings. The highest BCUT2D eigenvalue weighted by Gasteiger charge is 2.20. The van der Waals surface area contributed by atoms with E-state index in [1.807, 2.05) is 0 Å². The van der Waals surface area contributed by atoms with Crippen LogP contribution in [0.3, 0.4) is 0 Å². The van der Waals surface area contributed by atoms with Crippen LogP contribution in [-0.4, -0.2) is 19.3 Å². The van der Waals surface area contributed by atoms with Gasteiger partial charge in [-0.15, -0.1) is 11.3 Å². The van der Waals surface area contributed by atoms with Gasteiger partial charge in [0.05, 0.1) is 19.3 Å². The molecular formula is C9H13NOS. The molecule has 1 fully saturated rings. The predicted molar refractivity (Wildman–Crippen MR) is 50.5 cm³/mol. The summed E-state index contributed by atoms with van der Waals surface area (Å²) in [4.78, 5) is 1.40. The first kappa shape index (κ1) is 8.23. The molecule has 1 aliphatic heterocycles. The summed E-state index contributed by atoms with van der Waals surface area (Å²) in [5.41, 5.74) is 0. The Kier molecular flexibility index (Phi) is 2.44. The topological polar surface area (TPSA) is 21.3 Å². The minimum atomic E-state index is 0.471. The predicted octanol–water partition coefficient (Wildman–Crippen LogP) is 1.80. The largest absolute Gasteiger partial charge is 0.378 e. The van der Waals surface area contributed by atoms with Gasteiger partial charge in [-0.05, 0) is 18.4 Å². The zero-order valence-corrected chi connectivity index (χ0v) is 7.93. The fraction of sp³-hybridized carbons (Fsp3) is 0.556. The molecule has 0 unspecified atom stereocenters. The molecule has 2 rings (SSSR count). The SMILES string of the molecule is C[C@H](NC1COC1)c1cccs1. The van der Waals surface area contributed by atoms with Crippen molar-refractivity contribution in [2.45, 2.75) is 19.0 Å². The van der Waals surface area contributed by atoms with Crippen LogP contribution >= 0.6 is 11.3 Å². The van der Waals surface area contributed by atoms with Crippen molar-refractivity contribution in [1.82, 2.24) is 5.32 Å². The second-order valence-corrected chi connectivity index (χ2v) is 4.12. The summed E-state index contributed by atoms with van der Waals surface area (Å²) in [6.07, 6.45) is 0. The molecule has 12 heavy (non-hydrogen) atoms. The van der Waals surface area contributed by atoms with Crippen LogP contribution in [0.15, 0.2) is 17.5 Å². The van der Waals surface area contributed by atoms with Gasteiger partial charge in [0.2, 0.25) is 0 Å². The summed E-state index contributed by atoms with van der Waals surface area (Å²) in [6, 6.07) is 5.30. The lowest BCUT2D eigenvalue weighted by molar-refractivity contribution is -0.00909. The smallest absolute Gasteiger partial charge is 0.0643 e. The van der Waals surface area contributed by atoms with Crippen molar-refractivity contribution in [3.8, 4) is 0 Å². The quantitative estimate of drug-likeness (QED) is 0.771. The number of hydrogen-bond acceptors (Lipinski definition) is 3. The highest BCUT2D eigenvalue weighted by molar-refractivity contribution is 7.10. The van der Waals surface area contributed by atoms with Gasteiger partial charge in [-0.25, -0.2) is 0 Å². The van der Waals surface area contributed by atoms with Gasteiger partial charge in [-0.3, -0.25) is 0 Å². The van der Waals surface area contributed by atoms with E-state index in [0.717, 1.165) is 13.2 Å². The third-order valence-electron chi connectivity index (χ3n) is 2.09. The van der Waals surface area contributed by atoms with Crippen LogP contribution in [0.5, 0.6) is 0 Å². The molecule has 0 radical (unpaired) electrons. The first-order chi connectivity index (χ1) is 5.86. The number of rotatable bonds is 3. The van der Waals surface area contributed by atoms with Crippen molar-refractivity contribution in [3.05, 3.63) is 22.4 Å². The van der Waals surface area contributed by atoms with Crippen LogP contribution in [0.25, 0.3) is 0 Å². The number of ether oxygens (including phenoxy) is 1. The van der Waals surface area contributed by atoms with Gasteiger partial charge in [-0.1, -0.05) is 6.07 Å².